The zero-order valence-electron chi connectivity index (χ0n) is 36.3. The van der Waals surface area contributed by atoms with Crippen LogP contribution in [-0.2, 0) is 81.9 Å². The van der Waals surface area contributed by atoms with Crippen molar-refractivity contribution in [2.75, 3.05) is 48.1 Å². The number of hydrogen-bond acceptors (Lipinski definition) is 13. The van der Waals surface area contributed by atoms with E-state index in [1.807, 2.05) is 42.5 Å². The molecule has 0 atom stereocenters. The first kappa shape index (κ1) is 61.4. The van der Waals surface area contributed by atoms with Crippen molar-refractivity contribution in [3.05, 3.63) is 159 Å². The zero-order valence-corrected chi connectivity index (χ0v) is 39.5. The summed E-state index contributed by atoms with van der Waals surface area (Å²) >= 11 is 0. The molecule has 3 aliphatic rings. The molecule has 64 heavy (non-hydrogen) atoms. The van der Waals surface area contributed by atoms with Crippen LogP contribution >= 0.6 is 24.8 Å². The van der Waals surface area contributed by atoms with E-state index in [4.69, 9.17) is 20.1 Å². The molecule has 0 unspecified atom stereocenters. The number of carboxylic acids is 1. The molecule has 5 aromatic rings. The third-order valence-electron chi connectivity index (χ3n) is 9.68. The zero-order chi connectivity index (χ0) is 42.6. The average Bonchev–Trinajstić information content (AvgIpc) is 3.30. The molecule has 19 heteroatoms. The number of carbonyl (C=O) groups is 3. The maximum Gasteiger partial charge on any atom is 0.356 e. The van der Waals surface area contributed by atoms with E-state index in [1.165, 1.54) is 36.5 Å². The van der Waals surface area contributed by atoms with E-state index in [0.717, 1.165) is 108 Å². The molecule has 0 saturated heterocycles. The number of methoxy groups -OCH3 is 2. The smallest absolute Gasteiger partial charge is 0.356 e. The summed E-state index contributed by atoms with van der Waals surface area (Å²) < 4.78 is 9.33. The predicted molar refractivity (Wildman–Crippen MR) is 244 cm³/mol. The molecule has 0 aliphatic carbocycles. The number of hydrogen-bond donors (Lipinski definition) is 4. The molecular weight excluding hydrogens is 962 g/mol. The summed E-state index contributed by atoms with van der Waals surface area (Å²) in [4.78, 5) is 51.3. The first-order valence-electron chi connectivity index (χ1n) is 19.3. The Balaban J connectivity index is 0. The van der Waals surface area contributed by atoms with Crippen LogP contribution in [-0.4, -0.2) is 117 Å². The van der Waals surface area contributed by atoms with Crippen molar-refractivity contribution in [1.82, 2.24) is 30.1 Å². The van der Waals surface area contributed by atoms with Crippen LogP contribution in [0.4, 0.5) is 0 Å². The van der Waals surface area contributed by atoms with Crippen molar-refractivity contribution in [1.29, 1.82) is 0 Å². The Labute approximate surface area is 400 Å². The second kappa shape index (κ2) is 32.8. The summed E-state index contributed by atoms with van der Waals surface area (Å²) in [5, 5.41) is 26.2. The minimum Gasteiger partial charge on any atom is -0.477 e. The first-order valence-corrected chi connectivity index (χ1v) is 19.3. The number of benzene rings is 2. The number of ether oxygens (including phenoxy) is 2. The van der Waals surface area contributed by atoms with Crippen LogP contribution in [0.5, 0.6) is 0 Å². The third kappa shape index (κ3) is 18.4. The maximum atomic E-state index is 11.5. The van der Waals surface area contributed by atoms with E-state index in [-0.39, 0.29) is 73.8 Å². The summed E-state index contributed by atoms with van der Waals surface area (Å²) in [5.41, 5.74) is 10.0. The summed E-state index contributed by atoms with van der Waals surface area (Å²) in [5.74, 6) is -1.70. The van der Waals surface area contributed by atoms with Gasteiger partial charge < -0.3 is 41.1 Å². The summed E-state index contributed by atoms with van der Waals surface area (Å²) in [6.07, 6.45) is 2.55. The molecule has 0 bridgehead atoms. The molecule has 16 nitrogen and oxygen atoms in total. The number of halogens is 2. The van der Waals surface area contributed by atoms with Crippen LogP contribution in [0.25, 0.3) is 0 Å². The fraction of sp³-hybridized carbons (Fsp3) is 0.333. The molecule has 0 saturated carbocycles. The van der Waals surface area contributed by atoms with Crippen LogP contribution in [0.15, 0.2) is 97.1 Å². The Morgan fingerprint density at radius 2 is 0.953 bits per heavy atom. The van der Waals surface area contributed by atoms with Gasteiger partial charge in [-0.1, -0.05) is 78.9 Å². The minimum atomic E-state index is -0.959. The normalized spacial score (nSPS) is 12.8. The molecule has 8 rings (SSSR count). The van der Waals surface area contributed by atoms with Gasteiger partial charge >= 0.3 is 17.9 Å². The molecule has 2 aromatic carbocycles. The van der Waals surface area contributed by atoms with E-state index < -0.39 is 5.97 Å². The fourth-order valence-electron chi connectivity index (χ4n) is 6.80. The number of rotatable bonds is 7. The molecule has 0 amide bonds. The largest absolute Gasteiger partial charge is 0.477 e. The van der Waals surface area contributed by atoms with Gasteiger partial charge in [-0.3, -0.25) is 9.80 Å². The van der Waals surface area contributed by atoms with Crippen molar-refractivity contribution < 1.29 is 70.6 Å². The van der Waals surface area contributed by atoms with E-state index in [0.29, 0.717) is 11.4 Å². The van der Waals surface area contributed by atoms with Gasteiger partial charge in [-0.05, 0) is 46.0 Å². The van der Waals surface area contributed by atoms with Crippen molar-refractivity contribution in [3.63, 3.8) is 0 Å². The Morgan fingerprint density at radius 1 is 0.578 bits per heavy atom. The minimum absolute atomic E-state index is 0. The Bertz CT molecular complexity index is 2130. The molecule has 354 valence electrons. The van der Waals surface area contributed by atoms with Gasteiger partial charge in [-0.2, -0.15) is 0 Å². The standard InChI is InChI=1S/C17H18N2O2.C16H16N2O2.C10H12N2O2.2CH4O.2ClH.2H2O.Pd/c1-21-17(20)16-8-7-14-12-19(10-9-15(14)18-16)11-13-5-3-2-4-6-13;19-16(20)15-7-6-13-11-18(9-8-14(13)17-15)10-12-4-2-1-3-5-12;1-14-10(13)9-3-2-7-6-11-5-4-8(7)12-9;2*1-2;;;;;/h2-8H,9-12H2,1H3;1-7H,8-11H2,(H,19,20);2-3,11H,4-6H2,1H3;2*2H,1H3;2*1H;2*1H2;. The van der Waals surface area contributed by atoms with Crippen LogP contribution in [0.1, 0.15) is 76.4 Å². The Hall–Kier alpha value is -4.74. The van der Waals surface area contributed by atoms with Gasteiger partial charge in [0.1, 0.15) is 17.1 Å². The van der Waals surface area contributed by atoms with Crippen LogP contribution in [0.3, 0.4) is 0 Å². The van der Waals surface area contributed by atoms with E-state index in [1.54, 1.807) is 18.2 Å². The molecule has 6 heterocycles. The fourth-order valence-corrected chi connectivity index (χ4v) is 6.80. The Morgan fingerprint density at radius 3 is 1.36 bits per heavy atom. The summed E-state index contributed by atoms with van der Waals surface area (Å²) in [6, 6.07) is 31.7. The number of aromatic nitrogens is 3. The average molecular weight is 1020 g/mol. The van der Waals surface area contributed by atoms with Crippen molar-refractivity contribution in [3.8, 4) is 0 Å². The van der Waals surface area contributed by atoms with Gasteiger partial charge in [0.15, 0.2) is 0 Å². The van der Waals surface area contributed by atoms with Crippen molar-refractivity contribution >= 4 is 42.7 Å². The summed E-state index contributed by atoms with van der Waals surface area (Å²) in [6.45, 7) is 7.20. The van der Waals surface area contributed by atoms with E-state index in [2.05, 4.69) is 71.2 Å². The number of aliphatic hydroxyl groups excluding tert-OH is 2. The van der Waals surface area contributed by atoms with Crippen molar-refractivity contribution in [2.24, 2.45) is 0 Å². The number of pyridine rings is 3. The van der Waals surface area contributed by atoms with Gasteiger partial charge in [-0.15, -0.1) is 24.8 Å². The molecule has 8 N–H and O–H groups in total. The topological polar surface area (TPSA) is 251 Å². The number of aliphatic hydroxyl groups is 2. The van der Waals surface area contributed by atoms with Gasteiger partial charge in [0.2, 0.25) is 0 Å². The number of nitrogens with zero attached hydrogens (tertiary/aromatic N) is 5. The summed E-state index contributed by atoms with van der Waals surface area (Å²) in [7, 11) is 4.75. The van der Waals surface area contributed by atoms with Gasteiger partial charge in [-0.25, -0.2) is 29.3 Å². The number of fused-ring (bicyclic) bond motifs is 3. The van der Waals surface area contributed by atoms with Gasteiger partial charge in [0, 0.05) is 123 Å². The van der Waals surface area contributed by atoms with Crippen LogP contribution in [0.2, 0.25) is 0 Å². The third-order valence-corrected chi connectivity index (χ3v) is 9.68. The molecule has 0 spiro atoms. The van der Waals surface area contributed by atoms with E-state index in [9.17, 15) is 14.4 Å². The quantitative estimate of drug-likeness (QED) is 0.134. The molecule has 0 fully saturated rings. The molecule has 0 radical (unpaired) electrons. The monoisotopic (exact) mass is 1020 g/mol. The second-order valence-corrected chi connectivity index (χ2v) is 13.5. The maximum absolute atomic E-state index is 11.5. The number of aromatic carboxylic acids is 1. The Kier molecular flexibility index (Phi) is 31.5. The van der Waals surface area contributed by atoms with Crippen molar-refractivity contribution in [2.45, 2.75) is 52.0 Å². The number of esters is 2. The number of carboxylic acid groups (broad SMARTS) is 1. The predicted octanol–water partition coefficient (Wildman–Crippen LogP) is 3.69. The second-order valence-electron chi connectivity index (χ2n) is 13.5. The molecular formula is C45H60Cl2N6O10Pd. The first-order chi connectivity index (χ1) is 28.8. The van der Waals surface area contributed by atoms with E-state index >= 15 is 0 Å². The SMILES string of the molecule is CO.CO.COC(=O)c1ccc2c(n1)CCN(Cc1ccccc1)C2.COC(=O)c1ccc2c(n1)CCNC2.Cl.Cl.O.O.O=C(O)c1ccc2c(n1)CCN(Cc1ccccc1)C2.[Pd]. The van der Waals surface area contributed by atoms with Gasteiger partial charge in [0.25, 0.3) is 0 Å². The van der Waals surface area contributed by atoms with Crippen LogP contribution < -0.4 is 5.32 Å². The number of nitrogens with one attached hydrogen (secondary N) is 1. The molecule has 3 aromatic heterocycles. The number of carbonyl (C=O) groups excluding carboxylic acids is 2. The van der Waals surface area contributed by atoms with Gasteiger partial charge in [0.05, 0.1) is 14.2 Å². The van der Waals surface area contributed by atoms with Crippen LogP contribution in [0, 0.1) is 0 Å². The molecule has 3 aliphatic heterocycles.